The lowest BCUT2D eigenvalue weighted by molar-refractivity contribution is -0.281. The van der Waals surface area contributed by atoms with Gasteiger partial charge in [-0.1, -0.05) is 0 Å². The van der Waals surface area contributed by atoms with E-state index >= 15 is 0 Å². The van der Waals surface area contributed by atoms with Crippen LogP contribution in [0.25, 0.3) is 0 Å². The van der Waals surface area contributed by atoms with Crippen molar-refractivity contribution < 1.29 is 32.2 Å². The van der Waals surface area contributed by atoms with Crippen molar-refractivity contribution in [3.63, 3.8) is 0 Å². The van der Waals surface area contributed by atoms with Crippen LogP contribution >= 0.6 is 0 Å². The molecule has 0 fully saturated rings. The van der Waals surface area contributed by atoms with Crippen LogP contribution in [0, 0.1) is 5.82 Å². The molecular weight excluding hydrogens is 378 g/mol. The van der Waals surface area contributed by atoms with E-state index in [0.717, 1.165) is 12.1 Å². The van der Waals surface area contributed by atoms with Gasteiger partial charge >= 0.3 is 6.18 Å². The number of nitrogens with zero attached hydrogens (tertiary/aromatic N) is 1. The van der Waals surface area contributed by atoms with Crippen LogP contribution in [0.3, 0.4) is 0 Å². The Balaban J connectivity index is 1.66. The number of carbonyl (C=O) groups excluding carboxylic acids is 1. The molecule has 8 heteroatoms. The number of ketones is 1. The van der Waals surface area contributed by atoms with E-state index in [1.807, 2.05) is 0 Å². The molecule has 4 rings (SSSR count). The monoisotopic (exact) mass is 397 g/mol. The van der Waals surface area contributed by atoms with Gasteiger partial charge in [0.15, 0.2) is 11.4 Å². The predicted octanol–water partition coefficient (Wildman–Crippen LogP) is 4.14. The number of aliphatic hydroxyl groups is 1. The molecule has 1 aromatic carbocycles. The van der Waals surface area contributed by atoms with E-state index in [9.17, 15) is 27.5 Å². The minimum absolute atomic E-state index is 0.103. The third-order valence-corrected chi connectivity index (χ3v) is 5.63. The summed E-state index contributed by atoms with van der Waals surface area (Å²) in [5.41, 5.74) is -3.37. The maximum absolute atomic E-state index is 13.9. The molecule has 0 spiro atoms. The molecule has 150 valence electrons. The summed E-state index contributed by atoms with van der Waals surface area (Å²) in [5, 5.41) is 10.7. The van der Waals surface area contributed by atoms with Crippen LogP contribution in [0.5, 0.6) is 5.75 Å². The molecule has 1 N–H and O–H groups in total. The van der Waals surface area contributed by atoms with Crippen LogP contribution in [0.1, 0.15) is 47.8 Å². The van der Waals surface area contributed by atoms with Crippen molar-refractivity contribution in [2.75, 3.05) is 0 Å². The summed E-state index contributed by atoms with van der Waals surface area (Å²) in [7, 11) is 0. The molecule has 2 aliphatic rings. The van der Waals surface area contributed by atoms with E-state index in [2.05, 4.69) is 0 Å². The third-order valence-electron chi connectivity index (χ3n) is 5.63. The lowest BCUT2D eigenvalue weighted by atomic mass is 9.78. The van der Waals surface area contributed by atoms with Crippen molar-refractivity contribution in [2.45, 2.75) is 56.5 Å². The van der Waals surface area contributed by atoms with E-state index in [-0.39, 0.29) is 5.78 Å². The molecule has 2 atom stereocenters. The molecular formula is C20H19F4NO3. The molecule has 2 heterocycles. The molecule has 0 saturated heterocycles. The molecule has 2 unspecified atom stereocenters. The fourth-order valence-electron chi connectivity index (χ4n) is 4.21. The van der Waals surface area contributed by atoms with Gasteiger partial charge in [0.05, 0.1) is 6.54 Å². The van der Waals surface area contributed by atoms with Crippen LogP contribution in [0.4, 0.5) is 17.6 Å². The maximum Gasteiger partial charge on any atom is 0.419 e. The zero-order chi connectivity index (χ0) is 20.3. The second-order valence-electron chi connectivity index (χ2n) is 7.76. The summed E-state index contributed by atoms with van der Waals surface area (Å²) in [5.74, 6) is -0.381. The average Bonchev–Trinajstić information content (AvgIpc) is 2.99. The highest BCUT2D eigenvalue weighted by molar-refractivity contribution is 5.98. The maximum atomic E-state index is 13.9. The van der Waals surface area contributed by atoms with Crippen molar-refractivity contribution >= 4 is 5.78 Å². The lowest BCUT2D eigenvalue weighted by Crippen LogP contribution is -2.55. The second kappa shape index (κ2) is 6.07. The highest BCUT2D eigenvalue weighted by Crippen LogP contribution is 2.51. The topological polar surface area (TPSA) is 51.5 Å². The number of benzene rings is 1. The van der Waals surface area contributed by atoms with Crippen molar-refractivity contribution in [1.29, 1.82) is 0 Å². The molecule has 4 nitrogen and oxygen atoms in total. The number of carbonyl (C=O) groups is 1. The van der Waals surface area contributed by atoms with Crippen LogP contribution < -0.4 is 4.74 Å². The van der Waals surface area contributed by atoms with Gasteiger partial charge in [0.25, 0.3) is 0 Å². The van der Waals surface area contributed by atoms with Gasteiger partial charge in [-0.15, -0.1) is 0 Å². The van der Waals surface area contributed by atoms with Crippen LogP contribution in [0.2, 0.25) is 0 Å². The highest BCUT2D eigenvalue weighted by atomic mass is 19.4. The molecule has 0 amide bonds. The van der Waals surface area contributed by atoms with Gasteiger partial charge in [-0.05, 0) is 44.0 Å². The zero-order valence-corrected chi connectivity index (χ0v) is 15.1. The minimum Gasteiger partial charge on any atom is -0.482 e. The van der Waals surface area contributed by atoms with E-state index in [1.54, 1.807) is 0 Å². The fraction of sp³-hybridized carbons (Fsp3) is 0.450. The first-order chi connectivity index (χ1) is 13.0. The fourth-order valence-corrected chi connectivity index (χ4v) is 4.21. The van der Waals surface area contributed by atoms with Gasteiger partial charge in [0.1, 0.15) is 17.2 Å². The van der Waals surface area contributed by atoms with Gasteiger partial charge in [-0.25, -0.2) is 4.39 Å². The van der Waals surface area contributed by atoms with E-state index < -0.39 is 36.2 Å². The average molecular weight is 397 g/mol. The Morgan fingerprint density at radius 3 is 2.71 bits per heavy atom. The first-order valence-electron chi connectivity index (χ1n) is 9.02. The Bertz CT molecular complexity index is 951. The Hall–Kier alpha value is -2.35. The third kappa shape index (κ3) is 2.90. The SMILES string of the molecule is CC1(CC(O)(Cn2ccc3c2CCCC3=O)C(F)(F)F)Oc2ccc(F)cc21. The van der Waals surface area contributed by atoms with Crippen molar-refractivity contribution in [1.82, 2.24) is 4.57 Å². The predicted molar refractivity (Wildman–Crippen MR) is 91.7 cm³/mol. The van der Waals surface area contributed by atoms with Crippen molar-refractivity contribution in [3.05, 3.63) is 53.1 Å². The van der Waals surface area contributed by atoms with E-state index in [0.29, 0.717) is 41.8 Å². The normalized spacial score (nSPS) is 23.3. The smallest absolute Gasteiger partial charge is 0.419 e. The van der Waals surface area contributed by atoms with Crippen LogP contribution in [-0.2, 0) is 18.6 Å². The Kier molecular flexibility index (Phi) is 4.12. The molecule has 0 saturated carbocycles. The number of Topliss-reactive ketones (excluding diaryl/α,β-unsaturated/α-hetero) is 1. The van der Waals surface area contributed by atoms with Crippen LogP contribution in [-0.4, -0.2) is 27.2 Å². The molecule has 0 radical (unpaired) electrons. The van der Waals surface area contributed by atoms with Gasteiger partial charge in [-0.3, -0.25) is 4.79 Å². The van der Waals surface area contributed by atoms with Gasteiger partial charge in [-0.2, -0.15) is 13.2 Å². The molecule has 1 aliphatic heterocycles. The number of aromatic nitrogens is 1. The Labute approximate surface area is 158 Å². The number of rotatable bonds is 4. The summed E-state index contributed by atoms with van der Waals surface area (Å²) in [6, 6.07) is 5.15. The molecule has 1 aliphatic carbocycles. The molecule has 1 aromatic heterocycles. The summed E-state index contributed by atoms with van der Waals surface area (Å²) >= 11 is 0. The Morgan fingerprint density at radius 1 is 1.25 bits per heavy atom. The first kappa shape index (κ1) is 19.0. The number of alkyl halides is 3. The molecule has 28 heavy (non-hydrogen) atoms. The van der Waals surface area contributed by atoms with Crippen molar-refractivity contribution in [2.24, 2.45) is 0 Å². The quantitative estimate of drug-likeness (QED) is 0.789. The standard InChI is InChI=1S/C20H19F4NO3/c1-18(14-9-12(21)5-6-17(14)28-18)10-19(27,20(22,23)24)11-25-8-7-13-15(25)3-2-4-16(13)26/h5-9,27H,2-4,10-11H2,1H3. The summed E-state index contributed by atoms with van der Waals surface area (Å²) in [4.78, 5) is 12.0. The molecule has 2 aromatic rings. The largest absolute Gasteiger partial charge is 0.482 e. The zero-order valence-electron chi connectivity index (χ0n) is 15.1. The minimum atomic E-state index is -4.95. The van der Waals surface area contributed by atoms with Gasteiger partial charge in [0.2, 0.25) is 0 Å². The van der Waals surface area contributed by atoms with E-state index in [4.69, 9.17) is 4.74 Å². The number of ether oxygens (including phenoxy) is 1. The summed E-state index contributed by atoms with van der Waals surface area (Å²) < 4.78 is 62.0. The Morgan fingerprint density at radius 2 is 2.00 bits per heavy atom. The summed E-state index contributed by atoms with van der Waals surface area (Å²) in [6.07, 6.45) is -2.92. The molecule has 0 bridgehead atoms. The number of hydrogen-bond donors (Lipinski definition) is 1. The van der Waals surface area contributed by atoms with Crippen molar-refractivity contribution in [3.8, 4) is 5.75 Å². The first-order valence-corrected chi connectivity index (χ1v) is 9.02. The number of hydrogen-bond acceptors (Lipinski definition) is 3. The summed E-state index contributed by atoms with van der Waals surface area (Å²) in [6.45, 7) is 0.642. The van der Waals surface area contributed by atoms with Crippen LogP contribution in [0.15, 0.2) is 30.5 Å². The number of halogens is 4. The van der Waals surface area contributed by atoms with Gasteiger partial charge < -0.3 is 14.4 Å². The lowest BCUT2D eigenvalue weighted by Gasteiger charge is -2.46. The van der Waals surface area contributed by atoms with E-state index in [1.165, 1.54) is 29.8 Å². The van der Waals surface area contributed by atoms with Gasteiger partial charge in [0, 0.05) is 35.9 Å². The second-order valence-corrected chi connectivity index (χ2v) is 7.76. The highest BCUT2D eigenvalue weighted by Gasteiger charge is 2.60. The number of fused-ring (bicyclic) bond motifs is 2.